The van der Waals surface area contributed by atoms with E-state index < -0.39 is 6.10 Å². The molecule has 0 saturated carbocycles. The molecule has 3 rings (SSSR count). The van der Waals surface area contributed by atoms with Crippen LogP contribution in [0.15, 0.2) is 34.9 Å². The van der Waals surface area contributed by atoms with Crippen LogP contribution in [0.3, 0.4) is 0 Å². The second-order valence-electron chi connectivity index (χ2n) is 6.25. The molecule has 1 saturated heterocycles. The van der Waals surface area contributed by atoms with Gasteiger partial charge in [-0.3, -0.25) is 4.79 Å². The molecule has 2 aromatic rings. The standard InChI is InChI=1S/C18H22N2O3/c1-12-5-3-4-6-14(12)9-15-7-8-20(10-17(15)21)18(22)16-11-23-13(2)19-16/h3-6,11,15,17,21H,7-10H2,1-2H3/t15-,17-/m1/s1. The highest BCUT2D eigenvalue weighted by Gasteiger charge is 2.31. The SMILES string of the molecule is Cc1nc(C(=O)N2CC[C@H](Cc3ccccc3C)[C@H](O)C2)co1. The number of oxazole rings is 1. The Kier molecular flexibility index (Phi) is 4.48. The van der Waals surface area contributed by atoms with Crippen LogP contribution in [-0.2, 0) is 6.42 Å². The van der Waals surface area contributed by atoms with Crippen molar-refractivity contribution in [3.05, 3.63) is 53.2 Å². The summed E-state index contributed by atoms with van der Waals surface area (Å²) in [5.41, 5.74) is 2.83. The normalized spacial score (nSPS) is 21.4. The average Bonchev–Trinajstić information content (AvgIpc) is 2.97. The molecule has 1 aromatic heterocycles. The van der Waals surface area contributed by atoms with Crippen molar-refractivity contribution in [2.75, 3.05) is 13.1 Å². The Hall–Kier alpha value is -2.14. The predicted octanol–water partition coefficient (Wildman–Crippen LogP) is 2.36. The Morgan fingerprint density at radius 3 is 2.83 bits per heavy atom. The van der Waals surface area contributed by atoms with Gasteiger partial charge in [0.25, 0.3) is 5.91 Å². The fraction of sp³-hybridized carbons (Fsp3) is 0.444. The summed E-state index contributed by atoms with van der Waals surface area (Å²) >= 11 is 0. The average molecular weight is 314 g/mol. The number of β-amino-alcohol motifs (C(OH)–C–C–N with tert-alkyl or cyclic N) is 1. The summed E-state index contributed by atoms with van der Waals surface area (Å²) in [5, 5.41) is 10.5. The smallest absolute Gasteiger partial charge is 0.275 e. The summed E-state index contributed by atoms with van der Waals surface area (Å²) in [7, 11) is 0. The van der Waals surface area contributed by atoms with E-state index in [2.05, 4.69) is 24.0 Å². The summed E-state index contributed by atoms with van der Waals surface area (Å²) in [6.07, 6.45) is 2.50. The summed E-state index contributed by atoms with van der Waals surface area (Å²) < 4.78 is 5.10. The highest BCUT2D eigenvalue weighted by atomic mass is 16.3. The van der Waals surface area contributed by atoms with Gasteiger partial charge in [-0.25, -0.2) is 4.98 Å². The number of piperidine rings is 1. The van der Waals surface area contributed by atoms with E-state index in [1.54, 1.807) is 11.8 Å². The van der Waals surface area contributed by atoms with Crippen LogP contribution in [0.5, 0.6) is 0 Å². The maximum atomic E-state index is 12.4. The predicted molar refractivity (Wildman–Crippen MR) is 86.1 cm³/mol. The molecule has 2 atom stereocenters. The van der Waals surface area contributed by atoms with Crippen molar-refractivity contribution in [2.45, 2.75) is 32.8 Å². The lowest BCUT2D eigenvalue weighted by Crippen LogP contribution is -2.47. The Morgan fingerprint density at radius 2 is 2.17 bits per heavy atom. The minimum absolute atomic E-state index is 0.171. The van der Waals surface area contributed by atoms with Gasteiger partial charge in [0.1, 0.15) is 6.26 Å². The zero-order valence-corrected chi connectivity index (χ0v) is 13.5. The summed E-state index contributed by atoms with van der Waals surface area (Å²) in [4.78, 5) is 18.1. The maximum absolute atomic E-state index is 12.4. The second-order valence-corrected chi connectivity index (χ2v) is 6.25. The van der Waals surface area contributed by atoms with Crippen molar-refractivity contribution in [1.29, 1.82) is 0 Å². The van der Waals surface area contributed by atoms with Crippen LogP contribution in [0.4, 0.5) is 0 Å². The monoisotopic (exact) mass is 314 g/mol. The number of carbonyl (C=O) groups excluding carboxylic acids is 1. The zero-order valence-electron chi connectivity index (χ0n) is 13.5. The van der Waals surface area contributed by atoms with Crippen molar-refractivity contribution in [1.82, 2.24) is 9.88 Å². The van der Waals surface area contributed by atoms with Crippen LogP contribution in [0.2, 0.25) is 0 Å². The number of hydrogen-bond acceptors (Lipinski definition) is 4. The van der Waals surface area contributed by atoms with Gasteiger partial charge in [0, 0.05) is 20.0 Å². The first-order valence-corrected chi connectivity index (χ1v) is 7.98. The number of aromatic nitrogens is 1. The van der Waals surface area contributed by atoms with Gasteiger partial charge in [0.15, 0.2) is 11.6 Å². The lowest BCUT2D eigenvalue weighted by molar-refractivity contribution is 0.0194. The number of likely N-dealkylation sites (tertiary alicyclic amines) is 1. The molecule has 0 aliphatic carbocycles. The van der Waals surface area contributed by atoms with Gasteiger partial charge in [-0.2, -0.15) is 0 Å². The molecule has 1 aliphatic heterocycles. The first kappa shape index (κ1) is 15.7. The Labute approximate surface area is 135 Å². The molecular formula is C18H22N2O3. The summed E-state index contributed by atoms with van der Waals surface area (Å²) in [5.74, 6) is 0.484. The van der Waals surface area contributed by atoms with Gasteiger partial charge in [-0.1, -0.05) is 24.3 Å². The molecule has 1 aliphatic rings. The third-order valence-electron chi connectivity index (χ3n) is 4.59. The molecule has 23 heavy (non-hydrogen) atoms. The number of carbonyl (C=O) groups is 1. The van der Waals surface area contributed by atoms with Crippen molar-refractivity contribution in [2.24, 2.45) is 5.92 Å². The molecule has 122 valence electrons. The lowest BCUT2D eigenvalue weighted by atomic mass is 9.86. The first-order valence-electron chi connectivity index (χ1n) is 7.98. The number of aliphatic hydroxyl groups excluding tert-OH is 1. The molecule has 0 bridgehead atoms. The van der Waals surface area contributed by atoms with Crippen LogP contribution in [-0.4, -0.2) is 40.1 Å². The Balaban J connectivity index is 1.63. The lowest BCUT2D eigenvalue weighted by Gasteiger charge is -2.35. The molecule has 0 unspecified atom stereocenters. The number of nitrogens with zero attached hydrogens (tertiary/aromatic N) is 2. The fourth-order valence-electron chi connectivity index (χ4n) is 3.15. The molecule has 1 N–H and O–H groups in total. The number of hydrogen-bond donors (Lipinski definition) is 1. The molecule has 5 heteroatoms. The summed E-state index contributed by atoms with van der Waals surface area (Å²) in [6.45, 7) is 4.78. The minimum Gasteiger partial charge on any atom is -0.448 e. The van der Waals surface area contributed by atoms with Crippen LogP contribution < -0.4 is 0 Å². The molecular weight excluding hydrogens is 292 g/mol. The molecule has 1 fully saturated rings. The largest absolute Gasteiger partial charge is 0.448 e. The molecule has 1 aromatic carbocycles. The van der Waals surface area contributed by atoms with Gasteiger partial charge in [0.2, 0.25) is 0 Å². The van der Waals surface area contributed by atoms with E-state index in [1.807, 2.05) is 12.1 Å². The molecule has 0 spiro atoms. The van der Waals surface area contributed by atoms with E-state index in [0.29, 0.717) is 24.7 Å². The van der Waals surface area contributed by atoms with Crippen LogP contribution in [0.25, 0.3) is 0 Å². The highest BCUT2D eigenvalue weighted by molar-refractivity contribution is 5.92. The van der Waals surface area contributed by atoms with Gasteiger partial charge in [-0.15, -0.1) is 0 Å². The number of aliphatic hydroxyl groups is 1. The van der Waals surface area contributed by atoms with E-state index in [9.17, 15) is 9.90 Å². The Bertz CT molecular complexity index is 695. The number of rotatable bonds is 3. The van der Waals surface area contributed by atoms with Gasteiger partial charge in [-0.05, 0) is 36.8 Å². The summed E-state index contributed by atoms with van der Waals surface area (Å²) in [6, 6.07) is 8.25. The quantitative estimate of drug-likeness (QED) is 0.944. The minimum atomic E-state index is -0.514. The first-order chi connectivity index (χ1) is 11.0. The third kappa shape index (κ3) is 3.45. The van der Waals surface area contributed by atoms with Gasteiger partial charge < -0.3 is 14.4 Å². The molecule has 1 amide bonds. The highest BCUT2D eigenvalue weighted by Crippen LogP contribution is 2.24. The number of benzene rings is 1. The van der Waals surface area contributed by atoms with Crippen LogP contribution >= 0.6 is 0 Å². The van der Waals surface area contributed by atoms with Gasteiger partial charge >= 0.3 is 0 Å². The van der Waals surface area contributed by atoms with Crippen molar-refractivity contribution in [3.63, 3.8) is 0 Å². The topological polar surface area (TPSA) is 66.6 Å². The third-order valence-corrected chi connectivity index (χ3v) is 4.59. The van der Waals surface area contributed by atoms with Gasteiger partial charge in [0.05, 0.1) is 6.10 Å². The molecule has 2 heterocycles. The maximum Gasteiger partial charge on any atom is 0.275 e. The number of aryl methyl sites for hydroxylation is 2. The van der Waals surface area contributed by atoms with Crippen LogP contribution in [0.1, 0.15) is 33.9 Å². The number of amides is 1. The molecule has 0 radical (unpaired) electrons. The van der Waals surface area contributed by atoms with Crippen LogP contribution in [0, 0.1) is 19.8 Å². The van der Waals surface area contributed by atoms with E-state index >= 15 is 0 Å². The zero-order chi connectivity index (χ0) is 16.4. The second kappa shape index (κ2) is 6.54. The van der Waals surface area contributed by atoms with E-state index in [4.69, 9.17) is 4.42 Å². The van der Waals surface area contributed by atoms with E-state index in [-0.39, 0.29) is 11.8 Å². The Morgan fingerprint density at radius 1 is 1.39 bits per heavy atom. The van der Waals surface area contributed by atoms with Crippen molar-refractivity contribution < 1.29 is 14.3 Å². The van der Waals surface area contributed by atoms with E-state index in [1.165, 1.54) is 17.4 Å². The molecule has 5 nitrogen and oxygen atoms in total. The fourth-order valence-corrected chi connectivity index (χ4v) is 3.15. The van der Waals surface area contributed by atoms with Crippen molar-refractivity contribution >= 4 is 5.91 Å². The van der Waals surface area contributed by atoms with Crippen molar-refractivity contribution in [3.8, 4) is 0 Å². The van der Waals surface area contributed by atoms with E-state index in [0.717, 1.165) is 12.8 Å².